The highest BCUT2D eigenvalue weighted by Gasteiger charge is 2.23. The van der Waals surface area contributed by atoms with Crippen LogP contribution in [0.4, 0.5) is 5.69 Å². The van der Waals surface area contributed by atoms with Gasteiger partial charge in [0.2, 0.25) is 0 Å². The van der Waals surface area contributed by atoms with E-state index in [2.05, 4.69) is 17.2 Å². The van der Waals surface area contributed by atoms with E-state index in [1.165, 1.54) is 25.5 Å². The number of aromatic nitrogens is 1. The van der Waals surface area contributed by atoms with E-state index in [1.807, 2.05) is 0 Å². The number of nitrogen functional groups attached to an aromatic ring is 1. The van der Waals surface area contributed by atoms with Crippen molar-refractivity contribution in [1.82, 2.24) is 10.3 Å². The molecule has 1 aliphatic rings. The molecule has 4 heteroatoms. The number of hydrogen-bond donors (Lipinski definition) is 2. The van der Waals surface area contributed by atoms with E-state index < -0.39 is 0 Å². The zero-order chi connectivity index (χ0) is 12.3. The van der Waals surface area contributed by atoms with Gasteiger partial charge in [-0.05, 0) is 30.9 Å². The lowest BCUT2D eigenvalue weighted by molar-refractivity contribution is 0.0905. The van der Waals surface area contributed by atoms with Crippen molar-refractivity contribution in [2.24, 2.45) is 5.92 Å². The van der Waals surface area contributed by atoms with Gasteiger partial charge >= 0.3 is 0 Å². The monoisotopic (exact) mass is 233 g/mol. The van der Waals surface area contributed by atoms with E-state index >= 15 is 0 Å². The van der Waals surface area contributed by atoms with Gasteiger partial charge in [-0.25, -0.2) is 4.98 Å². The third-order valence-electron chi connectivity index (χ3n) is 3.45. The Hall–Kier alpha value is -1.58. The Labute approximate surface area is 102 Å². The number of pyridine rings is 1. The fraction of sp³-hybridized carbons (Fsp3) is 0.538. The molecule has 1 heterocycles. The predicted molar refractivity (Wildman–Crippen MR) is 67.5 cm³/mol. The molecule has 92 valence electrons. The van der Waals surface area contributed by atoms with Gasteiger partial charge in [0.05, 0.1) is 11.9 Å². The summed E-state index contributed by atoms with van der Waals surface area (Å²) >= 11 is 0. The maximum absolute atomic E-state index is 12.0. The minimum Gasteiger partial charge on any atom is -0.397 e. The fourth-order valence-electron chi connectivity index (χ4n) is 2.31. The number of rotatable bonds is 2. The lowest BCUT2D eigenvalue weighted by atomic mass is 9.86. The van der Waals surface area contributed by atoms with Crippen LogP contribution in [0.2, 0.25) is 0 Å². The van der Waals surface area contributed by atoms with Gasteiger partial charge in [-0.1, -0.05) is 19.8 Å². The lowest BCUT2D eigenvalue weighted by Gasteiger charge is -2.29. The summed E-state index contributed by atoms with van der Waals surface area (Å²) in [4.78, 5) is 16.0. The first-order valence-corrected chi connectivity index (χ1v) is 6.19. The van der Waals surface area contributed by atoms with Crippen molar-refractivity contribution in [2.45, 2.75) is 38.6 Å². The maximum Gasteiger partial charge on any atom is 0.270 e. The van der Waals surface area contributed by atoms with E-state index in [4.69, 9.17) is 5.73 Å². The van der Waals surface area contributed by atoms with Crippen LogP contribution in [0.5, 0.6) is 0 Å². The van der Waals surface area contributed by atoms with Gasteiger partial charge in [0.25, 0.3) is 5.91 Å². The summed E-state index contributed by atoms with van der Waals surface area (Å²) in [5, 5.41) is 3.06. The Morgan fingerprint density at radius 2 is 2.18 bits per heavy atom. The molecule has 4 nitrogen and oxygen atoms in total. The average molecular weight is 233 g/mol. The molecular formula is C13H19N3O. The van der Waals surface area contributed by atoms with Crippen LogP contribution in [0.1, 0.15) is 43.1 Å². The summed E-state index contributed by atoms with van der Waals surface area (Å²) in [6, 6.07) is 3.65. The molecule has 1 saturated carbocycles. The van der Waals surface area contributed by atoms with Crippen LogP contribution in [0.3, 0.4) is 0 Å². The second kappa shape index (κ2) is 5.17. The first-order chi connectivity index (χ1) is 8.16. The largest absolute Gasteiger partial charge is 0.397 e. The average Bonchev–Trinajstić information content (AvgIpc) is 2.33. The van der Waals surface area contributed by atoms with Gasteiger partial charge in [-0.15, -0.1) is 0 Å². The molecule has 1 aromatic heterocycles. The minimum absolute atomic E-state index is 0.0937. The molecule has 0 aromatic carbocycles. The summed E-state index contributed by atoms with van der Waals surface area (Å²) in [5.74, 6) is 0.463. The number of anilines is 1. The number of nitrogens with two attached hydrogens (primary N) is 1. The SMILES string of the molecule is CC1CCCCC1NC(=O)c1ccc(N)cn1. The summed E-state index contributed by atoms with van der Waals surface area (Å²) < 4.78 is 0. The topological polar surface area (TPSA) is 68.0 Å². The van der Waals surface area contributed by atoms with E-state index in [1.54, 1.807) is 12.1 Å². The number of nitrogens with one attached hydrogen (secondary N) is 1. The molecule has 2 rings (SSSR count). The van der Waals surface area contributed by atoms with E-state index in [-0.39, 0.29) is 11.9 Å². The van der Waals surface area contributed by atoms with Crippen LogP contribution in [-0.4, -0.2) is 16.9 Å². The van der Waals surface area contributed by atoms with Crippen LogP contribution in [0.15, 0.2) is 18.3 Å². The zero-order valence-corrected chi connectivity index (χ0v) is 10.1. The quantitative estimate of drug-likeness (QED) is 0.820. The summed E-state index contributed by atoms with van der Waals surface area (Å²) in [6.45, 7) is 2.19. The zero-order valence-electron chi connectivity index (χ0n) is 10.1. The fourth-order valence-corrected chi connectivity index (χ4v) is 2.31. The van der Waals surface area contributed by atoms with Crippen molar-refractivity contribution in [3.63, 3.8) is 0 Å². The van der Waals surface area contributed by atoms with Gasteiger partial charge in [-0.2, -0.15) is 0 Å². The third-order valence-corrected chi connectivity index (χ3v) is 3.45. The van der Waals surface area contributed by atoms with Crippen molar-refractivity contribution in [1.29, 1.82) is 0 Å². The Morgan fingerprint density at radius 3 is 2.82 bits per heavy atom. The molecule has 1 fully saturated rings. The van der Waals surface area contributed by atoms with Gasteiger partial charge in [-0.3, -0.25) is 4.79 Å². The Bertz CT molecular complexity index is 388. The molecular weight excluding hydrogens is 214 g/mol. The summed E-state index contributed by atoms with van der Waals surface area (Å²) in [6.07, 6.45) is 6.25. The maximum atomic E-state index is 12.0. The predicted octanol–water partition coefficient (Wildman–Crippen LogP) is 1.97. The Morgan fingerprint density at radius 1 is 1.41 bits per heavy atom. The Kier molecular flexibility index (Phi) is 3.61. The molecule has 2 atom stereocenters. The molecule has 0 aliphatic heterocycles. The minimum atomic E-state index is -0.0937. The normalized spacial score (nSPS) is 24.3. The van der Waals surface area contributed by atoms with Crippen LogP contribution < -0.4 is 11.1 Å². The third kappa shape index (κ3) is 2.96. The van der Waals surface area contributed by atoms with E-state index in [0.29, 0.717) is 17.3 Å². The molecule has 1 aliphatic carbocycles. The van der Waals surface area contributed by atoms with Crippen molar-refractivity contribution in [3.8, 4) is 0 Å². The highest BCUT2D eigenvalue weighted by atomic mass is 16.1. The van der Waals surface area contributed by atoms with Crippen LogP contribution in [0.25, 0.3) is 0 Å². The highest BCUT2D eigenvalue weighted by molar-refractivity contribution is 5.92. The van der Waals surface area contributed by atoms with Crippen molar-refractivity contribution in [2.75, 3.05) is 5.73 Å². The summed E-state index contributed by atoms with van der Waals surface area (Å²) in [7, 11) is 0. The van der Waals surface area contributed by atoms with Crippen LogP contribution in [-0.2, 0) is 0 Å². The number of carbonyl (C=O) groups is 1. The van der Waals surface area contributed by atoms with E-state index in [9.17, 15) is 4.79 Å². The molecule has 0 radical (unpaired) electrons. The smallest absolute Gasteiger partial charge is 0.270 e. The Balaban J connectivity index is 1.98. The van der Waals surface area contributed by atoms with E-state index in [0.717, 1.165) is 6.42 Å². The first-order valence-electron chi connectivity index (χ1n) is 6.19. The van der Waals surface area contributed by atoms with Gasteiger partial charge in [0.15, 0.2) is 0 Å². The van der Waals surface area contributed by atoms with Gasteiger partial charge in [0, 0.05) is 6.04 Å². The van der Waals surface area contributed by atoms with Crippen molar-refractivity contribution < 1.29 is 4.79 Å². The van der Waals surface area contributed by atoms with Crippen molar-refractivity contribution in [3.05, 3.63) is 24.0 Å². The number of amides is 1. The van der Waals surface area contributed by atoms with Gasteiger partial charge < -0.3 is 11.1 Å². The number of nitrogens with zero attached hydrogens (tertiary/aromatic N) is 1. The van der Waals surface area contributed by atoms with Crippen LogP contribution in [0, 0.1) is 5.92 Å². The molecule has 1 aromatic rings. The molecule has 2 unspecified atom stereocenters. The molecule has 0 saturated heterocycles. The van der Waals surface area contributed by atoms with Gasteiger partial charge in [0.1, 0.15) is 5.69 Å². The second-order valence-electron chi connectivity index (χ2n) is 4.82. The first kappa shape index (κ1) is 11.9. The number of carbonyl (C=O) groups excluding carboxylic acids is 1. The lowest BCUT2D eigenvalue weighted by Crippen LogP contribution is -2.41. The molecule has 0 spiro atoms. The second-order valence-corrected chi connectivity index (χ2v) is 4.82. The molecule has 0 bridgehead atoms. The number of hydrogen-bond acceptors (Lipinski definition) is 3. The summed E-state index contributed by atoms with van der Waals surface area (Å²) in [5.41, 5.74) is 6.56. The van der Waals surface area contributed by atoms with Crippen molar-refractivity contribution >= 4 is 11.6 Å². The molecule has 1 amide bonds. The highest BCUT2D eigenvalue weighted by Crippen LogP contribution is 2.23. The van der Waals surface area contributed by atoms with Crippen LogP contribution >= 0.6 is 0 Å². The molecule has 17 heavy (non-hydrogen) atoms. The molecule has 3 N–H and O–H groups in total. The standard InChI is InChI=1S/C13H19N3O/c1-9-4-2-3-5-11(9)16-13(17)12-7-6-10(14)8-15-12/h6-9,11H,2-5,14H2,1H3,(H,16,17).